The minimum absolute atomic E-state index is 0.0106. The highest BCUT2D eigenvalue weighted by atomic mass is 16.6. The van der Waals surface area contributed by atoms with E-state index in [1.54, 1.807) is 14.2 Å². The van der Waals surface area contributed by atoms with Crippen molar-refractivity contribution in [1.29, 1.82) is 0 Å². The first-order valence-electron chi connectivity index (χ1n) is 29.8. The number of benzene rings is 3. The third-order valence-corrected chi connectivity index (χ3v) is 19.9. The SMILES string of the molecule is COc1ccc(C(OCC2(COC(=O)CCC(=O)O)CCN(C(=O)CCCCCNC(=O)OC3CC[C@@]4(C)C(=CC[C@H]5[C@@H]6CC[C@H]([C@H](C)CCCC(C)C)[C@@]6(C)CC[C@@H]54)C3)CC2)(c2ccccc2)c2ccc(OC)cc2)cc1. The second kappa shape index (κ2) is 26.3. The average Bonchev–Trinajstić information content (AvgIpc) is 3.87. The number of hydrogen-bond donors (Lipinski definition) is 2. The Kier molecular flexibility index (Phi) is 19.8. The number of amides is 2. The van der Waals surface area contributed by atoms with E-state index in [0.29, 0.717) is 62.2 Å². The van der Waals surface area contributed by atoms with Gasteiger partial charge in [-0.3, -0.25) is 14.4 Å². The third kappa shape index (κ3) is 13.4. The summed E-state index contributed by atoms with van der Waals surface area (Å²) in [4.78, 5) is 53.1. The lowest BCUT2D eigenvalue weighted by Gasteiger charge is -2.58. The molecule has 5 aliphatic rings. The molecule has 4 fully saturated rings. The number of carboxylic acids is 1. The summed E-state index contributed by atoms with van der Waals surface area (Å²) in [6.07, 6.45) is 18.8. The van der Waals surface area contributed by atoms with Crippen LogP contribution >= 0.6 is 0 Å². The van der Waals surface area contributed by atoms with E-state index >= 15 is 0 Å². The molecule has 1 aliphatic heterocycles. The quantitative estimate of drug-likeness (QED) is 0.0363. The van der Waals surface area contributed by atoms with Crippen LogP contribution < -0.4 is 14.8 Å². The van der Waals surface area contributed by atoms with Gasteiger partial charge >= 0.3 is 18.0 Å². The number of ether oxygens (including phenoxy) is 5. The van der Waals surface area contributed by atoms with Gasteiger partial charge in [-0.15, -0.1) is 0 Å². The number of nitrogens with zero attached hydrogens (tertiary/aromatic N) is 1. The van der Waals surface area contributed by atoms with Crippen LogP contribution in [-0.4, -0.2) is 87.1 Å². The molecule has 426 valence electrons. The van der Waals surface area contributed by atoms with Gasteiger partial charge < -0.3 is 39.0 Å². The second-order valence-corrected chi connectivity index (χ2v) is 25.0. The van der Waals surface area contributed by atoms with Crippen LogP contribution in [0.2, 0.25) is 0 Å². The Hall–Kier alpha value is -5.36. The summed E-state index contributed by atoms with van der Waals surface area (Å²) in [7, 11) is 3.26. The highest BCUT2D eigenvalue weighted by molar-refractivity contribution is 5.77. The van der Waals surface area contributed by atoms with Crippen molar-refractivity contribution >= 4 is 23.9 Å². The fraction of sp³-hybridized carbons (Fsp3) is 0.636. The van der Waals surface area contributed by atoms with Crippen LogP contribution in [0.15, 0.2) is 90.5 Å². The largest absolute Gasteiger partial charge is 0.497 e. The maximum absolute atomic E-state index is 13.8. The summed E-state index contributed by atoms with van der Waals surface area (Å²) in [6.45, 7) is 14.0. The lowest BCUT2D eigenvalue weighted by Crippen LogP contribution is -2.51. The summed E-state index contributed by atoms with van der Waals surface area (Å²) >= 11 is 0. The van der Waals surface area contributed by atoms with Crippen molar-refractivity contribution in [2.24, 2.45) is 51.8 Å². The molecule has 8 rings (SSSR count). The maximum atomic E-state index is 13.8. The molecule has 3 aromatic carbocycles. The Morgan fingerprint density at radius 2 is 1.38 bits per heavy atom. The number of methoxy groups -OCH3 is 2. The van der Waals surface area contributed by atoms with E-state index in [9.17, 15) is 24.3 Å². The number of esters is 1. The molecule has 0 bridgehead atoms. The molecule has 0 radical (unpaired) electrons. The van der Waals surface area contributed by atoms with Crippen LogP contribution in [0.25, 0.3) is 0 Å². The molecule has 1 heterocycles. The van der Waals surface area contributed by atoms with Crippen molar-refractivity contribution in [1.82, 2.24) is 10.2 Å². The third-order valence-electron chi connectivity index (χ3n) is 19.9. The van der Waals surface area contributed by atoms with Crippen LogP contribution in [0.3, 0.4) is 0 Å². The van der Waals surface area contributed by atoms with Gasteiger partial charge in [0.25, 0.3) is 0 Å². The molecule has 1 unspecified atom stereocenters. The molecule has 3 saturated carbocycles. The molecule has 8 atom stereocenters. The molecule has 0 spiro atoms. The number of nitrogens with one attached hydrogen (secondary N) is 1. The number of unbranched alkanes of at least 4 members (excludes halogenated alkanes) is 2. The zero-order valence-corrected chi connectivity index (χ0v) is 48.2. The van der Waals surface area contributed by atoms with Crippen LogP contribution in [0.5, 0.6) is 11.5 Å². The van der Waals surface area contributed by atoms with Gasteiger partial charge in [0, 0.05) is 37.9 Å². The van der Waals surface area contributed by atoms with Crippen molar-refractivity contribution in [3.8, 4) is 11.5 Å². The zero-order chi connectivity index (χ0) is 55.5. The highest BCUT2D eigenvalue weighted by Gasteiger charge is 2.59. The molecular formula is C66H92N2O10. The van der Waals surface area contributed by atoms with Crippen LogP contribution in [0.1, 0.15) is 173 Å². The van der Waals surface area contributed by atoms with Gasteiger partial charge in [0.1, 0.15) is 23.2 Å². The molecule has 1 saturated heterocycles. The topological polar surface area (TPSA) is 150 Å². The van der Waals surface area contributed by atoms with Gasteiger partial charge in [-0.05, 0) is 158 Å². The number of rotatable bonds is 25. The first-order valence-corrected chi connectivity index (χ1v) is 29.8. The van der Waals surface area contributed by atoms with E-state index in [1.807, 2.05) is 83.8 Å². The number of carbonyl (C=O) groups excluding carboxylic acids is 3. The molecule has 78 heavy (non-hydrogen) atoms. The maximum Gasteiger partial charge on any atom is 0.407 e. The monoisotopic (exact) mass is 1070 g/mol. The van der Waals surface area contributed by atoms with Crippen LogP contribution in [0.4, 0.5) is 4.79 Å². The fourth-order valence-corrected chi connectivity index (χ4v) is 15.3. The Morgan fingerprint density at radius 3 is 2.03 bits per heavy atom. The van der Waals surface area contributed by atoms with E-state index < -0.39 is 23.0 Å². The van der Waals surface area contributed by atoms with E-state index in [-0.39, 0.29) is 49.6 Å². The van der Waals surface area contributed by atoms with Crippen molar-refractivity contribution < 1.29 is 48.0 Å². The summed E-state index contributed by atoms with van der Waals surface area (Å²) in [5.41, 5.74) is 3.02. The molecule has 4 aliphatic carbocycles. The number of carbonyl (C=O) groups is 4. The van der Waals surface area contributed by atoms with Gasteiger partial charge in [-0.1, -0.05) is 127 Å². The van der Waals surface area contributed by atoms with Crippen molar-refractivity contribution in [2.75, 3.05) is 47.1 Å². The summed E-state index contributed by atoms with van der Waals surface area (Å²) in [5, 5.41) is 12.3. The Morgan fingerprint density at radius 1 is 0.718 bits per heavy atom. The number of likely N-dealkylation sites (tertiary alicyclic amines) is 1. The number of fused-ring (bicyclic) bond motifs is 5. The van der Waals surface area contributed by atoms with Gasteiger partial charge in [0.2, 0.25) is 5.91 Å². The summed E-state index contributed by atoms with van der Waals surface area (Å²) < 4.78 is 30.3. The predicted molar refractivity (Wildman–Crippen MR) is 304 cm³/mol. The molecule has 2 amide bonds. The van der Waals surface area contributed by atoms with E-state index in [2.05, 4.69) is 46.0 Å². The van der Waals surface area contributed by atoms with Crippen molar-refractivity contribution in [3.05, 3.63) is 107 Å². The van der Waals surface area contributed by atoms with Gasteiger partial charge in [-0.25, -0.2) is 4.79 Å². The van der Waals surface area contributed by atoms with Gasteiger partial charge in [0.05, 0.1) is 40.3 Å². The molecule has 12 nitrogen and oxygen atoms in total. The first-order chi connectivity index (χ1) is 37.5. The van der Waals surface area contributed by atoms with Gasteiger partial charge in [0.15, 0.2) is 0 Å². The number of hydrogen-bond acceptors (Lipinski definition) is 9. The minimum atomic E-state index is -1.11. The second-order valence-electron chi connectivity index (χ2n) is 25.0. The van der Waals surface area contributed by atoms with Gasteiger partial charge in [-0.2, -0.15) is 0 Å². The van der Waals surface area contributed by atoms with E-state index in [1.165, 1.54) is 56.9 Å². The number of piperidine rings is 1. The number of carboxylic acid groups (broad SMARTS) is 1. The van der Waals surface area contributed by atoms with E-state index in [0.717, 1.165) is 84.3 Å². The molecule has 3 aromatic rings. The van der Waals surface area contributed by atoms with Crippen molar-refractivity contribution in [2.45, 2.75) is 168 Å². The zero-order valence-electron chi connectivity index (χ0n) is 48.2. The average molecular weight is 1070 g/mol. The number of alkyl carbamates (subject to hydrolysis) is 1. The summed E-state index contributed by atoms with van der Waals surface area (Å²) in [6, 6.07) is 25.6. The normalized spacial score (nSPS) is 25.9. The number of aliphatic carboxylic acids is 1. The Balaban J connectivity index is 0.816. The highest BCUT2D eigenvalue weighted by Crippen LogP contribution is 2.67. The lowest BCUT2D eigenvalue weighted by atomic mass is 9.47. The Bertz CT molecular complexity index is 2440. The minimum Gasteiger partial charge on any atom is -0.497 e. The standard InChI is InChI=1S/C66H92N2O10/c1-46(2)15-14-16-47(3)56-30-31-57-55-29-24-51-43-54(34-36-63(51,4)58(55)35-37-64(56,57)5)78-62(73)67-40-13-9-12-19-59(69)68-41-38-65(39-42-68,44-76-61(72)33-32-60(70)71)45-77-66(48-17-10-8-11-18-48,49-20-25-52(74-6)26-21-49)50-22-27-53(75-7)28-23-50/h8,10-11,17-18,20-28,46-47,54-58H,9,12-16,19,29-45H2,1-7H3,(H,67,73)(H,70,71)/t47-,54?,55+,56-,57+,58+,63+,64-/m1/s1. The van der Waals surface area contributed by atoms with E-state index in [4.69, 9.17) is 23.7 Å². The Labute approximate surface area is 466 Å². The number of allylic oxidation sites excluding steroid dienone is 1. The van der Waals surface area contributed by atoms with Crippen LogP contribution in [0, 0.1) is 51.8 Å². The van der Waals surface area contributed by atoms with Crippen molar-refractivity contribution in [3.63, 3.8) is 0 Å². The first kappa shape index (κ1) is 58.8. The molecule has 2 N–H and O–H groups in total. The van der Waals surface area contributed by atoms with Crippen LogP contribution in [-0.2, 0) is 34.2 Å². The summed E-state index contributed by atoms with van der Waals surface area (Å²) in [5.74, 6) is 4.60. The predicted octanol–water partition coefficient (Wildman–Crippen LogP) is 13.7. The fourth-order valence-electron chi connectivity index (χ4n) is 15.3. The molecule has 0 aromatic heterocycles. The smallest absolute Gasteiger partial charge is 0.407 e. The molecular weight excluding hydrogens is 981 g/mol. The molecule has 12 heteroatoms. The lowest BCUT2D eigenvalue weighted by molar-refractivity contribution is -0.157.